The van der Waals surface area contributed by atoms with Crippen LogP contribution in [0.15, 0.2) is 30.6 Å². The second kappa shape index (κ2) is 8.03. The Morgan fingerprint density at radius 3 is 2.86 bits per heavy atom. The van der Waals surface area contributed by atoms with E-state index in [0.717, 1.165) is 11.4 Å². The summed E-state index contributed by atoms with van der Waals surface area (Å²) in [5, 5.41) is 0. The third-order valence-electron chi connectivity index (χ3n) is 5.12. The van der Waals surface area contributed by atoms with Crippen LogP contribution in [0.2, 0.25) is 0 Å². The van der Waals surface area contributed by atoms with Gasteiger partial charge in [-0.15, -0.1) is 13.2 Å². The SMILES string of the molecule is O=C([C@@H]1Cc2nc[nH]c2CN1Cc1cccc(OC(F)(F)F)c1)N1CCOCC1. The van der Waals surface area contributed by atoms with Crippen molar-refractivity contribution in [2.75, 3.05) is 26.3 Å². The zero-order valence-electron chi connectivity index (χ0n) is 15.6. The van der Waals surface area contributed by atoms with E-state index in [0.29, 0.717) is 51.4 Å². The van der Waals surface area contributed by atoms with Crippen molar-refractivity contribution in [3.8, 4) is 5.75 Å². The summed E-state index contributed by atoms with van der Waals surface area (Å²) in [6, 6.07) is 5.42. The van der Waals surface area contributed by atoms with Gasteiger partial charge in [0.2, 0.25) is 5.91 Å². The molecule has 156 valence electrons. The van der Waals surface area contributed by atoms with Crippen molar-refractivity contribution >= 4 is 5.91 Å². The number of nitrogens with one attached hydrogen (secondary N) is 1. The third-order valence-corrected chi connectivity index (χ3v) is 5.12. The second-order valence-electron chi connectivity index (χ2n) is 7.09. The van der Waals surface area contributed by atoms with Crippen LogP contribution in [0.3, 0.4) is 0 Å². The first-order chi connectivity index (χ1) is 13.9. The number of hydrogen-bond donors (Lipinski definition) is 1. The molecule has 1 aromatic heterocycles. The lowest BCUT2D eigenvalue weighted by Gasteiger charge is -2.38. The highest BCUT2D eigenvalue weighted by Gasteiger charge is 2.36. The van der Waals surface area contributed by atoms with Crippen LogP contribution in [0.25, 0.3) is 0 Å². The Labute approximate surface area is 165 Å². The number of carbonyl (C=O) groups is 1. The van der Waals surface area contributed by atoms with E-state index in [9.17, 15) is 18.0 Å². The maximum Gasteiger partial charge on any atom is 0.573 e. The lowest BCUT2D eigenvalue weighted by atomic mass is 10.00. The molecular weight excluding hydrogens is 389 g/mol. The molecule has 4 rings (SSSR count). The molecule has 2 aliphatic heterocycles. The lowest BCUT2D eigenvalue weighted by Crippen LogP contribution is -2.53. The van der Waals surface area contributed by atoms with Gasteiger partial charge < -0.3 is 19.4 Å². The van der Waals surface area contributed by atoms with E-state index >= 15 is 0 Å². The number of imidazole rings is 1. The van der Waals surface area contributed by atoms with E-state index in [1.807, 2.05) is 4.90 Å². The fourth-order valence-electron chi connectivity index (χ4n) is 3.77. The van der Waals surface area contributed by atoms with Gasteiger partial charge in [0.1, 0.15) is 5.75 Å². The number of carbonyl (C=O) groups excluding carboxylic acids is 1. The predicted octanol–water partition coefficient (Wildman–Crippen LogP) is 2.09. The van der Waals surface area contributed by atoms with E-state index < -0.39 is 12.4 Å². The van der Waals surface area contributed by atoms with Gasteiger partial charge in [0, 0.05) is 32.6 Å². The number of aromatic nitrogens is 2. The first kappa shape index (κ1) is 19.7. The molecule has 1 amide bonds. The number of alkyl halides is 3. The van der Waals surface area contributed by atoms with Gasteiger partial charge in [0.25, 0.3) is 0 Å². The van der Waals surface area contributed by atoms with Gasteiger partial charge >= 0.3 is 6.36 Å². The monoisotopic (exact) mass is 410 g/mol. The van der Waals surface area contributed by atoms with Gasteiger partial charge in [-0.05, 0) is 17.7 Å². The Kier molecular flexibility index (Phi) is 5.46. The number of hydrogen-bond acceptors (Lipinski definition) is 5. The van der Waals surface area contributed by atoms with Crippen molar-refractivity contribution in [1.82, 2.24) is 19.8 Å². The summed E-state index contributed by atoms with van der Waals surface area (Å²) in [5.41, 5.74) is 2.40. The fourth-order valence-corrected chi connectivity index (χ4v) is 3.77. The Bertz CT molecular complexity index is 864. The molecule has 0 radical (unpaired) electrons. The van der Waals surface area contributed by atoms with Gasteiger partial charge in [-0.1, -0.05) is 12.1 Å². The number of aromatic amines is 1. The Morgan fingerprint density at radius 2 is 2.10 bits per heavy atom. The normalized spacial score (nSPS) is 20.4. The molecule has 2 aliphatic rings. The first-order valence-corrected chi connectivity index (χ1v) is 9.35. The molecule has 3 heterocycles. The average Bonchev–Trinajstić information content (AvgIpc) is 3.14. The molecule has 0 saturated carbocycles. The smallest absolute Gasteiger partial charge is 0.406 e. The topological polar surface area (TPSA) is 70.7 Å². The molecule has 1 saturated heterocycles. The highest BCUT2D eigenvalue weighted by molar-refractivity contribution is 5.82. The molecule has 29 heavy (non-hydrogen) atoms. The minimum atomic E-state index is -4.75. The van der Waals surface area contributed by atoms with Crippen LogP contribution in [-0.4, -0.2) is 64.4 Å². The molecule has 1 atom stereocenters. The van der Waals surface area contributed by atoms with Gasteiger partial charge in [-0.3, -0.25) is 9.69 Å². The van der Waals surface area contributed by atoms with Crippen molar-refractivity contribution < 1.29 is 27.4 Å². The van der Waals surface area contributed by atoms with Crippen LogP contribution in [-0.2, 0) is 29.0 Å². The molecule has 10 heteroatoms. The van der Waals surface area contributed by atoms with E-state index in [2.05, 4.69) is 14.7 Å². The standard InChI is InChI=1S/C19H21F3N4O3/c20-19(21,22)29-14-3-1-2-13(8-14)10-26-11-16-15(23-12-24-16)9-17(26)18(27)25-4-6-28-7-5-25/h1-3,8,12,17H,4-7,9-11H2,(H,23,24)/t17-/m0/s1. The van der Waals surface area contributed by atoms with E-state index in [-0.39, 0.29) is 11.7 Å². The number of halogens is 3. The molecule has 7 nitrogen and oxygen atoms in total. The molecule has 1 aromatic carbocycles. The highest BCUT2D eigenvalue weighted by atomic mass is 19.4. The number of rotatable bonds is 4. The van der Waals surface area contributed by atoms with Crippen molar-refractivity contribution in [2.45, 2.75) is 31.9 Å². The first-order valence-electron chi connectivity index (χ1n) is 9.35. The van der Waals surface area contributed by atoms with Crippen LogP contribution < -0.4 is 4.74 Å². The quantitative estimate of drug-likeness (QED) is 0.836. The van der Waals surface area contributed by atoms with Gasteiger partial charge in [0.15, 0.2) is 0 Å². The molecular formula is C19H21F3N4O3. The molecule has 1 fully saturated rings. The molecule has 0 bridgehead atoms. The number of H-pyrrole nitrogens is 1. The molecule has 0 aliphatic carbocycles. The van der Waals surface area contributed by atoms with Crippen molar-refractivity contribution in [1.29, 1.82) is 0 Å². The average molecular weight is 410 g/mol. The summed E-state index contributed by atoms with van der Waals surface area (Å²) in [4.78, 5) is 24.3. The number of morpholine rings is 1. The van der Waals surface area contributed by atoms with Crippen LogP contribution in [0, 0.1) is 0 Å². The third kappa shape index (κ3) is 4.70. The van der Waals surface area contributed by atoms with Crippen LogP contribution >= 0.6 is 0 Å². The second-order valence-corrected chi connectivity index (χ2v) is 7.09. The number of benzene rings is 1. The zero-order chi connectivity index (χ0) is 20.4. The number of nitrogens with zero attached hydrogens (tertiary/aromatic N) is 3. The minimum absolute atomic E-state index is 0.00959. The molecule has 0 spiro atoms. The molecule has 1 N–H and O–H groups in total. The summed E-state index contributed by atoms with van der Waals surface area (Å²) in [7, 11) is 0. The summed E-state index contributed by atoms with van der Waals surface area (Å²) in [6.07, 6.45) is -2.70. The Balaban J connectivity index is 1.55. The Morgan fingerprint density at radius 1 is 1.31 bits per heavy atom. The van der Waals surface area contributed by atoms with Crippen LogP contribution in [0.1, 0.15) is 17.0 Å². The Hall–Kier alpha value is -2.59. The van der Waals surface area contributed by atoms with Crippen molar-refractivity contribution in [2.24, 2.45) is 0 Å². The number of amides is 1. The van der Waals surface area contributed by atoms with E-state index in [1.165, 1.54) is 18.2 Å². The maximum atomic E-state index is 13.2. The lowest BCUT2D eigenvalue weighted by molar-refractivity contribution is -0.274. The predicted molar refractivity (Wildman–Crippen MR) is 95.9 cm³/mol. The van der Waals surface area contributed by atoms with Crippen molar-refractivity contribution in [3.63, 3.8) is 0 Å². The summed E-state index contributed by atoms with van der Waals surface area (Å²) >= 11 is 0. The number of ether oxygens (including phenoxy) is 2. The fraction of sp³-hybridized carbons (Fsp3) is 0.474. The van der Waals surface area contributed by atoms with Gasteiger partial charge in [-0.25, -0.2) is 4.98 Å². The largest absolute Gasteiger partial charge is 0.573 e. The zero-order valence-corrected chi connectivity index (χ0v) is 15.6. The van der Waals surface area contributed by atoms with Crippen LogP contribution in [0.5, 0.6) is 5.75 Å². The van der Waals surface area contributed by atoms with Crippen LogP contribution in [0.4, 0.5) is 13.2 Å². The molecule has 0 unspecified atom stereocenters. The summed E-state index contributed by atoms with van der Waals surface area (Å²) in [6.45, 7) is 2.84. The summed E-state index contributed by atoms with van der Waals surface area (Å²) in [5.74, 6) is -0.282. The van der Waals surface area contributed by atoms with E-state index in [1.54, 1.807) is 17.3 Å². The van der Waals surface area contributed by atoms with Gasteiger partial charge in [0.05, 0.1) is 37.0 Å². The summed E-state index contributed by atoms with van der Waals surface area (Å²) < 4.78 is 46.9. The minimum Gasteiger partial charge on any atom is -0.406 e. The van der Waals surface area contributed by atoms with Crippen molar-refractivity contribution in [3.05, 3.63) is 47.5 Å². The number of fused-ring (bicyclic) bond motifs is 1. The maximum absolute atomic E-state index is 13.2. The van der Waals surface area contributed by atoms with E-state index in [4.69, 9.17) is 4.74 Å². The van der Waals surface area contributed by atoms with Gasteiger partial charge in [-0.2, -0.15) is 0 Å². The highest BCUT2D eigenvalue weighted by Crippen LogP contribution is 2.27. The molecule has 2 aromatic rings.